The lowest BCUT2D eigenvalue weighted by molar-refractivity contribution is 0.710. The molecule has 0 aliphatic carbocycles. The van der Waals surface area contributed by atoms with Crippen molar-refractivity contribution in [2.75, 3.05) is 19.3 Å². The van der Waals surface area contributed by atoms with Crippen LogP contribution in [-0.2, 0) is 6.42 Å². The van der Waals surface area contributed by atoms with Crippen LogP contribution in [0.25, 0.3) is 10.6 Å². The lowest BCUT2D eigenvalue weighted by atomic mass is 10.2. The Balaban J connectivity index is 2.13. The van der Waals surface area contributed by atoms with Crippen LogP contribution in [0.4, 0.5) is 0 Å². The van der Waals surface area contributed by atoms with Crippen molar-refractivity contribution in [3.8, 4) is 10.6 Å². The van der Waals surface area contributed by atoms with Crippen molar-refractivity contribution in [3.05, 3.63) is 29.3 Å². The van der Waals surface area contributed by atoms with E-state index in [2.05, 4.69) is 53.0 Å². The summed E-state index contributed by atoms with van der Waals surface area (Å²) in [5.74, 6) is 0. The maximum Gasteiger partial charge on any atom is 0.148 e. The van der Waals surface area contributed by atoms with Gasteiger partial charge in [-0.1, -0.05) is 36.5 Å². The highest BCUT2D eigenvalue weighted by Crippen LogP contribution is 2.31. The molecule has 2 rings (SSSR count). The highest BCUT2D eigenvalue weighted by atomic mass is 32.2. The van der Waals surface area contributed by atoms with E-state index < -0.39 is 0 Å². The second kappa shape index (κ2) is 6.87. The maximum absolute atomic E-state index is 4.30. The van der Waals surface area contributed by atoms with Crippen LogP contribution in [0, 0.1) is 0 Å². The highest BCUT2D eigenvalue weighted by molar-refractivity contribution is 7.98. The first-order chi connectivity index (χ1) is 8.85. The van der Waals surface area contributed by atoms with E-state index in [1.165, 1.54) is 10.5 Å². The third-order valence-electron chi connectivity index (χ3n) is 2.57. The summed E-state index contributed by atoms with van der Waals surface area (Å²) in [6.45, 7) is 4.08. The van der Waals surface area contributed by atoms with Crippen molar-refractivity contribution in [2.24, 2.45) is 0 Å². The molecule has 0 aliphatic heterocycles. The average molecular weight is 279 g/mol. The molecule has 3 nitrogen and oxygen atoms in total. The molecule has 0 bridgehead atoms. The van der Waals surface area contributed by atoms with E-state index in [9.17, 15) is 0 Å². The summed E-state index contributed by atoms with van der Waals surface area (Å²) in [6.07, 6.45) is 3.04. The normalized spacial score (nSPS) is 10.8. The minimum Gasteiger partial charge on any atom is -0.317 e. The molecule has 0 saturated heterocycles. The largest absolute Gasteiger partial charge is 0.317 e. The molecule has 0 saturated carbocycles. The molecule has 18 heavy (non-hydrogen) atoms. The first-order valence-corrected chi connectivity index (χ1v) is 8.05. The molecule has 0 aliphatic rings. The average Bonchev–Trinajstić information content (AvgIpc) is 2.88. The molecule has 0 atom stereocenters. The lowest BCUT2D eigenvalue weighted by Gasteiger charge is -2.01. The molecule has 1 aromatic heterocycles. The summed E-state index contributed by atoms with van der Waals surface area (Å²) in [6, 6.07) is 8.34. The van der Waals surface area contributed by atoms with E-state index in [0.29, 0.717) is 0 Å². The monoisotopic (exact) mass is 279 g/mol. The van der Waals surface area contributed by atoms with Crippen LogP contribution in [0.15, 0.2) is 29.2 Å². The van der Waals surface area contributed by atoms with Gasteiger partial charge in [-0.25, -0.2) is 0 Å². The number of nitrogens with zero attached hydrogens (tertiary/aromatic N) is 2. The van der Waals surface area contributed by atoms with Crippen LogP contribution in [0.1, 0.15) is 11.9 Å². The zero-order valence-electron chi connectivity index (χ0n) is 10.6. The molecule has 0 fully saturated rings. The number of aromatic nitrogens is 2. The molecule has 0 spiro atoms. The second-order valence-corrected chi connectivity index (χ2v) is 5.71. The number of benzene rings is 1. The Morgan fingerprint density at radius 3 is 2.89 bits per heavy atom. The second-order valence-electron chi connectivity index (χ2n) is 3.80. The van der Waals surface area contributed by atoms with Gasteiger partial charge >= 0.3 is 0 Å². The molecule has 0 radical (unpaired) electrons. The lowest BCUT2D eigenvalue weighted by Crippen LogP contribution is -2.15. The van der Waals surface area contributed by atoms with E-state index >= 15 is 0 Å². The Kier molecular flexibility index (Phi) is 5.16. The van der Waals surface area contributed by atoms with Crippen LogP contribution < -0.4 is 5.32 Å². The van der Waals surface area contributed by atoms with Crippen molar-refractivity contribution < 1.29 is 0 Å². The smallest absolute Gasteiger partial charge is 0.148 e. The Morgan fingerprint density at radius 1 is 1.28 bits per heavy atom. The van der Waals surface area contributed by atoms with Crippen molar-refractivity contribution in [1.82, 2.24) is 15.5 Å². The van der Waals surface area contributed by atoms with E-state index in [-0.39, 0.29) is 0 Å². The van der Waals surface area contributed by atoms with Gasteiger partial charge in [0, 0.05) is 23.4 Å². The first-order valence-electron chi connectivity index (χ1n) is 6.01. The molecule has 1 N–H and O–H groups in total. The van der Waals surface area contributed by atoms with E-state index in [1.807, 2.05) is 0 Å². The Morgan fingerprint density at radius 2 is 2.11 bits per heavy atom. The fraction of sp³-hybridized carbons (Fsp3) is 0.385. The number of nitrogens with one attached hydrogen (secondary N) is 1. The third kappa shape index (κ3) is 3.31. The third-order valence-corrected chi connectivity index (χ3v) is 4.38. The fourth-order valence-corrected chi connectivity index (χ4v) is 3.20. The molecule has 1 aromatic carbocycles. The molecular formula is C13H17N3S2. The molecule has 0 unspecified atom stereocenters. The van der Waals surface area contributed by atoms with Crippen molar-refractivity contribution in [1.29, 1.82) is 0 Å². The standard InChI is InChI=1S/C13H17N3S2/c1-3-14-9-8-12-15-16-13(18-12)10-6-4-5-7-11(10)17-2/h4-7,14H,3,8-9H2,1-2H3. The molecule has 5 heteroatoms. The van der Waals surface area contributed by atoms with Crippen molar-refractivity contribution in [3.63, 3.8) is 0 Å². The summed E-state index contributed by atoms with van der Waals surface area (Å²) in [5, 5.41) is 14.0. The number of likely N-dealkylation sites (N-methyl/N-ethyl adjacent to an activating group) is 1. The SMILES string of the molecule is CCNCCc1nnc(-c2ccccc2SC)s1. The number of hydrogen-bond donors (Lipinski definition) is 1. The van der Waals surface area contributed by atoms with Gasteiger partial charge in [0.15, 0.2) is 0 Å². The van der Waals surface area contributed by atoms with Gasteiger partial charge in [0.25, 0.3) is 0 Å². The van der Waals surface area contributed by atoms with Crippen LogP contribution in [-0.4, -0.2) is 29.5 Å². The van der Waals surface area contributed by atoms with Gasteiger partial charge in [0.05, 0.1) is 0 Å². The van der Waals surface area contributed by atoms with Gasteiger partial charge in [-0.3, -0.25) is 0 Å². The number of rotatable bonds is 6. The minimum absolute atomic E-state index is 0.951. The van der Waals surface area contributed by atoms with Gasteiger partial charge in [-0.2, -0.15) is 0 Å². The predicted octanol–water partition coefficient (Wildman–Crippen LogP) is 3.08. The number of thioether (sulfide) groups is 1. The van der Waals surface area contributed by atoms with E-state index in [4.69, 9.17) is 0 Å². The molecular weight excluding hydrogens is 262 g/mol. The van der Waals surface area contributed by atoms with E-state index in [0.717, 1.165) is 29.5 Å². The summed E-state index contributed by atoms with van der Waals surface area (Å²) < 4.78 is 0. The topological polar surface area (TPSA) is 37.8 Å². The van der Waals surface area contributed by atoms with Crippen molar-refractivity contribution in [2.45, 2.75) is 18.2 Å². The van der Waals surface area contributed by atoms with Gasteiger partial charge in [-0.05, 0) is 18.9 Å². The Bertz CT molecular complexity index is 496. The molecule has 2 aromatic rings. The number of hydrogen-bond acceptors (Lipinski definition) is 5. The zero-order valence-corrected chi connectivity index (χ0v) is 12.3. The first kappa shape index (κ1) is 13.5. The van der Waals surface area contributed by atoms with Crippen LogP contribution in [0.3, 0.4) is 0 Å². The van der Waals surface area contributed by atoms with Gasteiger partial charge in [0.1, 0.15) is 10.0 Å². The summed E-state index contributed by atoms with van der Waals surface area (Å²) in [5.41, 5.74) is 1.19. The molecule has 1 heterocycles. The summed E-state index contributed by atoms with van der Waals surface area (Å²) in [7, 11) is 0. The minimum atomic E-state index is 0.951. The Hall–Kier alpha value is -0.910. The van der Waals surface area contributed by atoms with E-state index in [1.54, 1.807) is 23.1 Å². The summed E-state index contributed by atoms with van der Waals surface area (Å²) in [4.78, 5) is 1.26. The Labute approximate surface area is 116 Å². The molecule has 0 amide bonds. The van der Waals surface area contributed by atoms with Crippen molar-refractivity contribution >= 4 is 23.1 Å². The van der Waals surface area contributed by atoms with Gasteiger partial charge < -0.3 is 5.32 Å². The summed E-state index contributed by atoms with van der Waals surface area (Å²) >= 11 is 3.44. The maximum atomic E-state index is 4.30. The molecule has 96 valence electrons. The fourth-order valence-electron chi connectivity index (χ4n) is 1.66. The van der Waals surface area contributed by atoms with Crippen LogP contribution in [0.2, 0.25) is 0 Å². The van der Waals surface area contributed by atoms with Crippen LogP contribution in [0.5, 0.6) is 0 Å². The quantitative estimate of drug-likeness (QED) is 0.651. The predicted molar refractivity (Wildman–Crippen MR) is 79.4 cm³/mol. The zero-order chi connectivity index (χ0) is 12.8. The van der Waals surface area contributed by atoms with Gasteiger partial charge in [0.2, 0.25) is 0 Å². The highest BCUT2D eigenvalue weighted by Gasteiger charge is 2.09. The van der Waals surface area contributed by atoms with Gasteiger partial charge in [-0.15, -0.1) is 22.0 Å². The van der Waals surface area contributed by atoms with Crippen LogP contribution >= 0.6 is 23.1 Å².